The molecule has 0 unspecified atom stereocenters. The zero-order chi connectivity index (χ0) is 32.0. The van der Waals surface area contributed by atoms with Gasteiger partial charge in [-0.05, 0) is 24.3 Å². The van der Waals surface area contributed by atoms with Crippen LogP contribution in [0.5, 0.6) is 0 Å². The minimum atomic E-state index is -1.51. The monoisotopic (exact) mass is 623 g/mol. The number of hydrogen-bond donors (Lipinski definition) is 8. The summed E-state index contributed by atoms with van der Waals surface area (Å²) in [6.45, 7) is 2.90. The third kappa shape index (κ3) is 5.97. The van der Waals surface area contributed by atoms with Gasteiger partial charge < -0.3 is 59.6 Å². The lowest BCUT2D eigenvalue weighted by Gasteiger charge is -2.38. The molecule has 45 heavy (non-hydrogen) atoms. The van der Waals surface area contributed by atoms with E-state index in [1.807, 2.05) is 36.4 Å². The fourth-order valence-electron chi connectivity index (χ4n) is 6.10. The van der Waals surface area contributed by atoms with Crippen molar-refractivity contribution in [1.29, 1.82) is 0 Å². The fourth-order valence-corrected chi connectivity index (χ4v) is 6.10. The van der Waals surface area contributed by atoms with Crippen molar-refractivity contribution in [2.45, 2.75) is 74.5 Å². The third-order valence-corrected chi connectivity index (χ3v) is 8.81. The second kappa shape index (κ2) is 12.6. The quantitative estimate of drug-likeness (QED) is 0.153. The molecule has 12 heteroatoms. The number of benzene rings is 2. The largest absolute Gasteiger partial charge is 0.394 e. The van der Waals surface area contributed by atoms with Crippen molar-refractivity contribution < 1.29 is 55.1 Å². The Morgan fingerprint density at radius 3 is 1.51 bits per heavy atom. The summed E-state index contributed by atoms with van der Waals surface area (Å²) < 4.78 is 18.7. The number of nitrogens with zero attached hydrogens (tertiary/aromatic N) is 1. The van der Waals surface area contributed by atoms with Crippen LogP contribution in [-0.2, 0) is 20.8 Å². The molecule has 3 aliphatic rings. The fraction of sp³-hybridized carbons (Fsp3) is 0.515. The van der Waals surface area contributed by atoms with Gasteiger partial charge in [0.2, 0.25) is 0 Å². The highest BCUT2D eigenvalue weighted by atomic mass is 16.6. The predicted octanol–water partition coefficient (Wildman–Crippen LogP) is -1.78. The van der Waals surface area contributed by atoms with Crippen LogP contribution in [0.1, 0.15) is 18.1 Å². The van der Waals surface area contributed by atoms with E-state index in [2.05, 4.69) is 35.2 Å². The van der Waals surface area contributed by atoms with Crippen LogP contribution < -0.4 is 0 Å². The smallest absolute Gasteiger partial charge is 0.147 e. The molecule has 3 aliphatic heterocycles. The van der Waals surface area contributed by atoms with Crippen molar-refractivity contribution in [1.82, 2.24) is 4.57 Å². The second-order valence-electron chi connectivity index (χ2n) is 12.4. The van der Waals surface area contributed by atoms with Crippen LogP contribution >= 0.6 is 0 Å². The van der Waals surface area contributed by atoms with Gasteiger partial charge >= 0.3 is 0 Å². The molecule has 0 radical (unpaired) electrons. The average molecular weight is 624 g/mol. The highest BCUT2D eigenvalue weighted by Gasteiger charge is 2.44. The minimum absolute atomic E-state index is 0.102. The van der Waals surface area contributed by atoms with E-state index < -0.39 is 74.3 Å². The Morgan fingerprint density at radius 2 is 1.13 bits per heavy atom. The molecular weight excluding hydrogens is 586 g/mol. The zero-order valence-electron chi connectivity index (χ0n) is 24.5. The minimum Gasteiger partial charge on any atom is -0.394 e. The van der Waals surface area contributed by atoms with Gasteiger partial charge in [0, 0.05) is 33.9 Å². The van der Waals surface area contributed by atoms with E-state index in [4.69, 9.17) is 14.2 Å². The van der Waals surface area contributed by atoms with E-state index in [9.17, 15) is 40.9 Å². The Kier molecular flexibility index (Phi) is 8.93. The number of ether oxygens (including phenoxy) is 3. The topological polar surface area (TPSA) is 194 Å². The van der Waals surface area contributed by atoms with Crippen LogP contribution in [-0.4, -0.2) is 133 Å². The van der Waals surface area contributed by atoms with Gasteiger partial charge in [-0.3, -0.25) is 0 Å². The molecule has 3 saturated heterocycles. The van der Waals surface area contributed by atoms with Gasteiger partial charge in [-0.15, -0.1) is 0 Å². The Bertz CT molecular complexity index is 1560. The summed E-state index contributed by atoms with van der Waals surface area (Å²) in [5.41, 5.74) is 2.95. The number of rotatable bonds is 4. The molecule has 0 bridgehead atoms. The molecule has 1 aromatic heterocycles. The Hall–Kier alpha value is -3.08. The van der Waals surface area contributed by atoms with Crippen LogP contribution in [0.4, 0.5) is 0 Å². The predicted molar refractivity (Wildman–Crippen MR) is 160 cm³/mol. The highest BCUT2D eigenvalue weighted by molar-refractivity contribution is 6.08. The molecule has 6 rings (SSSR count). The Morgan fingerprint density at radius 1 is 0.689 bits per heavy atom. The summed E-state index contributed by atoms with van der Waals surface area (Å²) >= 11 is 0. The molecule has 4 heterocycles. The molecule has 12 nitrogen and oxygen atoms in total. The molecule has 2 aromatic carbocycles. The van der Waals surface area contributed by atoms with E-state index >= 15 is 0 Å². The molecule has 240 valence electrons. The van der Waals surface area contributed by atoms with E-state index in [0.717, 1.165) is 21.8 Å². The normalized spacial score (nSPS) is 34.4. The van der Waals surface area contributed by atoms with E-state index in [1.165, 1.54) is 0 Å². The van der Waals surface area contributed by atoms with Crippen molar-refractivity contribution in [3.63, 3.8) is 0 Å². The maximum atomic E-state index is 10.4. The first kappa shape index (κ1) is 31.9. The van der Waals surface area contributed by atoms with Gasteiger partial charge in [0.15, 0.2) is 0 Å². The number of aliphatic hydroxyl groups is 8. The van der Waals surface area contributed by atoms with Gasteiger partial charge in [0.25, 0.3) is 0 Å². The number of aliphatic hydroxyl groups excluding tert-OH is 8. The van der Waals surface area contributed by atoms with Gasteiger partial charge in [-0.2, -0.15) is 0 Å². The van der Waals surface area contributed by atoms with E-state index in [-0.39, 0.29) is 5.41 Å². The molecule has 0 saturated carbocycles. The molecule has 3 fully saturated rings. The van der Waals surface area contributed by atoms with E-state index in [1.54, 1.807) is 0 Å². The maximum absolute atomic E-state index is 10.4. The molecule has 0 amide bonds. The molecule has 8 N–H and O–H groups in total. The Labute approximate surface area is 259 Å². The van der Waals surface area contributed by atoms with Gasteiger partial charge in [-0.25, -0.2) is 0 Å². The van der Waals surface area contributed by atoms with Crippen LogP contribution in [0.25, 0.3) is 21.8 Å². The lowest BCUT2D eigenvalue weighted by atomic mass is 9.88. The molecule has 3 aromatic rings. The summed E-state index contributed by atoms with van der Waals surface area (Å²) in [5.74, 6) is 11.7. The maximum Gasteiger partial charge on any atom is 0.147 e. The first-order chi connectivity index (χ1) is 21.5. The van der Waals surface area contributed by atoms with Crippen LogP contribution in [0.15, 0.2) is 36.4 Å². The standard InChI is InChI=1S/C33H37NO11/c1-33(15-43-16-33)14-34-21-10-17(4-8-23-27(37)31(41)29(39)25(12-35)44-23)2-6-19(21)20-7-3-18(11-22(20)34)5-9-24-28(38)32(42)30(40)26(13-36)45-24/h2-3,6-7,10-11,23-32,35-42H,12-16H2,1H3/t23-,24-,25-,26-,27-,28-,29-,30-,31-,32-/m1/s1. The molecule has 10 atom stereocenters. The second-order valence-corrected chi connectivity index (χ2v) is 12.4. The van der Waals surface area contributed by atoms with Crippen molar-refractivity contribution in [2.75, 3.05) is 26.4 Å². The lowest BCUT2D eigenvalue weighted by Crippen LogP contribution is -2.58. The van der Waals surface area contributed by atoms with Crippen molar-refractivity contribution in [2.24, 2.45) is 5.41 Å². The van der Waals surface area contributed by atoms with Crippen LogP contribution in [0, 0.1) is 29.1 Å². The summed E-state index contributed by atoms with van der Waals surface area (Å²) in [4.78, 5) is 0. The van der Waals surface area contributed by atoms with Gasteiger partial charge in [0.1, 0.15) is 61.0 Å². The van der Waals surface area contributed by atoms with Crippen molar-refractivity contribution >= 4 is 21.8 Å². The van der Waals surface area contributed by atoms with Crippen LogP contribution in [0.3, 0.4) is 0 Å². The van der Waals surface area contributed by atoms with Crippen molar-refractivity contribution in [3.8, 4) is 23.7 Å². The third-order valence-electron chi connectivity index (χ3n) is 8.81. The van der Waals surface area contributed by atoms with Gasteiger partial charge in [0.05, 0.1) is 37.5 Å². The number of hydrogen-bond acceptors (Lipinski definition) is 11. The molecule has 0 aliphatic carbocycles. The van der Waals surface area contributed by atoms with Gasteiger partial charge in [-0.1, -0.05) is 42.7 Å². The Balaban J connectivity index is 1.36. The summed E-state index contributed by atoms with van der Waals surface area (Å²) in [6.07, 6.45) is -13.2. The average Bonchev–Trinajstić information content (AvgIpc) is 3.32. The molecular formula is C33H37NO11. The summed E-state index contributed by atoms with van der Waals surface area (Å²) in [6, 6.07) is 11.4. The number of aromatic nitrogens is 1. The number of fused-ring (bicyclic) bond motifs is 3. The van der Waals surface area contributed by atoms with Crippen molar-refractivity contribution in [3.05, 3.63) is 47.5 Å². The molecule has 0 spiro atoms. The lowest BCUT2D eigenvalue weighted by molar-refractivity contribution is -0.214. The first-order valence-electron chi connectivity index (χ1n) is 14.8. The summed E-state index contributed by atoms with van der Waals surface area (Å²) in [5, 5.41) is 82.1. The van der Waals surface area contributed by atoms with E-state index in [0.29, 0.717) is 30.9 Å². The summed E-state index contributed by atoms with van der Waals surface area (Å²) in [7, 11) is 0. The first-order valence-corrected chi connectivity index (χ1v) is 14.8. The highest BCUT2D eigenvalue weighted by Crippen LogP contribution is 2.36. The zero-order valence-corrected chi connectivity index (χ0v) is 24.5. The van der Waals surface area contributed by atoms with Crippen LogP contribution in [0.2, 0.25) is 0 Å². The SMILES string of the molecule is CC1(Cn2c3cc(C#C[C@H]4O[C@H](CO)[C@@H](O)[C@H](O)[C@@H]4O)ccc3c3ccc(C#C[C@H]4O[C@H](CO)[C@@H](O)[C@H](O)[C@@H]4O)cc32)COC1.